The average molecular weight is 540 g/mol. The van der Waals surface area contributed by atoms with Gasteiger partial charge < -0.3 is 9.47 Å². The Morgan fingerprint density at radius 1 is 0.675 bits per heavy atom. The molecule has 0 aliphatic heterocycles. The van der Waals surface area contributed by atoms with Gasteiger partial charge in [-0.25, -0.2) is 0 Å². The Labute approximate surface area is 243 Å². The molecular formula is C37H49NO2. The molecule has 0 amide bonds. The van der Waals surface area contributed by atoms with Gasteiger partial charge in [0, 0.05) is 5.56 Å². The van der Waals surface area contributed by atoms with E-state index in [1.54, 1.807) is 0 Å². The van der Waals surface area contributed by atoms with E-state index in [1.807, 2.05) is 30.3 Å². The van der Waals surface area contributed by atoms with Crippen LogP contribution in [0.5, 0.6) is 11.5 Å². The van der Waals surface area contributed by atoms with Crippen molar-refractivity contribution in [3.8, 4) is 39.8 Å². The standard InChI is InChI=1S/C37H49NO2/c1-4-6-8-10-11-12-13-17-27-39-32-22-18-21-31(28-32)33-23-15-16-24-34(33)35-25-19-26-37(36(35)29-38)40-30(3)20-14-9-7-5-2/h15-16,18-19,21-26,28,30H,4-14,17,20,27H2,1-3H3/t30-/m1/s1. The molecule has 0 aromatic heterocycles. The molecule has 0 unspecified atom stereocenters. The molecule has 0 fully saturated rings. The topological polar surface area (TPSA) is 42.2 Å². The highest BCUT2D eigenvalue weighted by Crippen LogP contribution is 2.38. The fraction of sp³-hybridized carbons (Fsp3) is 0.486. The van der Waals surface area contributed by atoms with Gasteiger partial charge >= 0.3 is 0 Å². The lowest BCUT2D eigenvalue weighted by Crippen LogP contribution is -2.12. The summed E-state index contributed by atoms with van der Waals surface area (Å²) in [5.74, 6) is 1.56. The molecule has 0 saturated carbocycles. The summed E-state index contributed by atoms with van der Waals surface area (Å²) in [7, 11) is 0. The maximum atomic E-state index is 10.2. The molecule has 3 heteroatoms. The first-order valence-electron chi connectivity index (χ1n) is 15.7. The van der Waals surface area contributed by atoms with Gasteiger partial charge in [-0.05, 0) is 61.1 Å². The summed E-state index contributed by atoms with van der Waals surface area (Å²) in [5.41, 5.74) is 4.70. The minimum atomic E-state index is 0.0735. The number of rotatable bonds is 19. The van der Waals surface area contributed by atoms with Crippen LogP contribution in [0.2, 0.25) is 0 Å². The molecule has 0 heterocycles. The Hall–Kier alpha value is -3.25. The molecule has 0 saturated heterocycles. The van der Waals surface area contributed by atoms with Gasteiger partial charge in [-0.1, -0.05) is 127 Å². The van der Waals surface area contributed by atoms with Gasteiger partial charge in [-0.2, -0.15) is 5.26 Å². The largest absolute Gasteiger partial charge is 0.494 e. The van der Waals surface area contributed by atoms with Crippen molar-refractivity contribution in [2.45, 2.75) is 110 Å². The van der Waals surface area contributed by atoms with Crippen LogP contribution in [0.1, 0.15) is 110 Å². The highest BCUT2D eigenvalue weighted by molar-refractivity contribution is 5.87. The minimum Gasteiger partial charge on any atom is -0.494 e. The van der Waals surface area contributed by atoms with E-state index in [-0.39, 0.29) is 6.10 Å². The van der Waals surface area contributed by atoms with E-state index in [2.05, 4.69) is 63.2 Å². The quantitative estimate of drug-likeness (QED) is 0.142. The number of nitrogens with zero attached hydrogens (tertiary/aromatic N) is 1. The normalized spacial score (nSPS) is 11.7. The molecule has 1 atom stereocenters. The third kappa shape index (κ3) is 10.1. The van der Waals surface area contributed by atoms with E-state index in [0.717, 1.165) is 53.9 Å². The molecule has 3 nitrogen and oxygen atoms in total. The number of hydrogen-bond donors (Lipinski definition) is 0. The molecule has 0 aliphatic carbocycles. The lowest BCUT2D eigenvalue weighted by atomic mass is 9.91. The molecule has 214 valence electrons. The zero-order valence-corrected chi connectivity index (χ0v) is 25.1. The number of nitriles is 1. The fourth-order valence-corrected chi connectivity index (χ4v) is 5.25. The van der Waals surface area contributed by atoms with Gasteiger partial charge in [-0.3, -0.25) is 0 Å². The highest BCUT2D eigenvalue weighted by Gasteiger charge is 2.16. The molecular weight excluding hydrogens is 490 g/mol. The van der Waals surface area contributed by atoms with E-state index in [0.29, 0.717) is 11.3 Å². The van der Waals surface area contributed by atoms with Crippen LogP contribution in [0.25, 0.3) is 22.3 Å². The van der Waals surface area contributed by atoms with Crippen LogP contribution in [-0.2, 0) is 0 Å². The second-order valence-electron chi connectivity index (χ2n) is 11.0. The van der Waals surface area contributed by atoms with Crippen molar-refractivity contribution in [1.29, 1.82) is 5.26 Å². The summed E-state index contributed by atoms with van der Waals surface area (Å²) in [6.07, 6.45) is 16.3. The lowest BCUT2D eigenvalue weighted by Gasteiger charge is -2.18. The summed E-state index contributed by atoms with van der Waals surface area (Å²) >= 11 is 0. The molecule has 0 aliphatic rings. The van der Waals surface area contributed by atoms with Crippen molar-refractivity contribution in [3.05, 3.63) is 72.3 Å². The Kier molecular flexibility index (Phi) is 14.2. The van der Waals surface area contributed by atoms with Crippen molar-refractivity contribution < 1.29 is 9.47 Å². The Bertz CT molecular complexity index is 1180. The SMILES string of the molecule is CCCCCCCCCCOc1cccc(-c2ccccc2-c2cccc(O[C@H](C)CCCCCC)c2C#N)c1. The van der Waals surface area contributed by atoms with Gasteiger partial charge in [0.2, 0.25) is 0 Å². The van der Waals surface area contributed by atoms with E-state index in [9.17, 15) is 5.26 Å². The molecule has 0 bridgehead atoms. The second-order valence-corrected chi connectivity index (χ2v) is 11.0. The molecule has 3 aromatic rings. The van der Waals surface area contributed by atoms with Crippen LogP contribution in [0, 0.1) is 11.3 Å². The van der Waals surface area contributed by atoms with Crippen molar-refractivity contribution in [3.63, 3.8) is 0 Å². The summed E-state index contributed by atoms with van der Waals surface area (Å²) < 4.78 is 12.4. The monoisotopic (exact) mass is 539 g/mol. The van der Waals surface area contributed by atoms with Gasteiger partial charge in [-0.15, -0.1) is 0 Å². The van der Waals surface area contributed by atoms with Crippen LogP contribution in [0.15, 0.2) is 66.7 Å². The minimum absolute atomic E-state index is 0.0735. The van der Waals surface area contributed by atoms with Gasteiger partial charge in [0.05, 0.1) is 12.7 Å². The molecule has 3 rings (SSSR count). The average Bonchev–Trinajstić information content (AvgIpc) is 2.98. The van der Waals surface area contributed by atoms with Crippen molar-refractivity contribution in [1.82, 2.24) is 0 Å². The molecule has 3 aromatic carbocycles. The first-order valence-corrected chi connectivity index (χ1v) is 15.7. The first kappa shape index (κ1) is 31.3. The van der Waals surface area contributed by atoms with E-state index in [4.69, 9.17) is 9.47 Å². The van der Waals surface area contributed by atoms with Crippen LogP contribution < -0.4 is 9.47 Å². The van der Waals surface area contributed by atoms with Gasteiger partial charge in [0.15, 0.2) is 0 Å². The lowest BCUT2D eigenvalue weighted by molar-refractivity contribution is 0.206. The Morgan fingerprint density at radius 3 is 2.02 bits per heavy atom. The van der Waals surface area contributed by atoms with E-state index < -0.39 is 0 Å². The Morgan fingerprint density at radius 2 is 1.30 bits per heavy atom. The molecule has 0 radical (unpaired) electrons. The predicted molar refractivity (Wildman–Crippen MR) is 169 cm³/mol. The fourth-order valence-electron chi connectivity index (χ4n) is 5.25. The van der Waals surface area contributed by atoms with Gasteiger partial charge in [0.1, 0.15) is 23.1 Å². The van der Waals surface area contributed by atoms with Crippen LogP contribution >= 0.6 is 0 Å². The third-order valence-electron chi connectivity index (χ3n) is 7.56. The van der Waals surface area contributed by atoms with Gasteiger partial charge in [0.25, 0.3) is 0 Å². The maximum absolute atomic E-state index is 10.2. The van der Waals surface area contributed by atoms with Crippen LogP contribution in [0.3, 0.4) is 0 Å². The zero-order valence-electron chi connectivity index (χ0n) is 25.1. The highest BCUT2D eigenvalue weighted by atomic mass is 16.5. The van der Waals surface area contributed by atoms with Crippen molar-refractivity contribution in [2.24, 2.45) is 0 Å². The molecule has 0 N–H and O–H groups in total. The van der Waals surface area contributed by atoms with Crippen molar-refractivity contribution >= 4 is 0 Å². The van der Waals surface area contributed by atoms with Crippen LogP contribution in [-0.4, -0.2) is 12.7 Å². The van der Waals surface area contributed by atoms with Crippen molar-refractivity contribution in [2.75, 3.05) is 6.61 Å². The second kappa shape index (κ2) is 18.2. The number of ether oxygens (including phenoxy) is 2. The third-order valence-corrected chi connectivity index (χ3v) is 7.56. The molecule has 0 spiro atoms. The molecule has 40 heavy (non-hydrogen) atoms. The number of hydrogen-bond acceptors (Lipinski definition) is 3. The smallest absolute Gasteiger partial charge is 0.138 e. The summed E-state index contributed by atoms with van der Waals surface area (Å²) in [5, 5.41) is 10.2. The number of unbranched alkanes of at least 4 members (excludes halogenated alkanes) is 10. The van der Waals surface area contributed by atoms with E-state index in [1.165, 1.54) is 64.2 Å². The summed E-state index contributed by atoms with van der Waals surface area (Å²) in [6, 6.07) is 25.0. The van der Waals surface area contributed by atoms with Crippen LogP contribution in [0.4, 0.5) is 0 Å². The van der Waals surface area contributed by atoms with E-state index >= 15 is 0 Å². The zero-order chi connectivity index (χ0) is 28.4. The summed E-state index contributed by atoms with van der Waals surface area (Å²) in [6.45, 7) is 7.34. The summed E-state index contributed by atoms with van der Waals surface area (Å²) in [4.78, 5) is 0. The first-order chi connectivity index (χ1) is 19.7. The predicted octanol–water partition coefficient (Wildman–Crippen LogP) is 11.1. The number of benzene rings is 3. The Balaban J connectivity index is 1.69. The maximum Gasteiger partial charge on any atom is 0.138 e.